The molecular formula is C19H25N3O2S. The van der Waals surface area contributed by atoms with Crippen molar-refractivity contribution < 1.29 is 9.53 Å². The number of rotatable bonds is 6. The van der Waals surface area contributed by atoms with Crippen LogP contribution < -0.4 is 10.5 Å². The molecule has 1 unspecified atom stereocenters. The van der Waals surface area contributed by atoms with Gasteiger partial charge in [-0.3, -0.25) is 4.79 Å². The standard InChI is InChI=1S/C19H25N3O2S/c1-14-3-5-16(6-4-14)24-10-17-21-15(11-25-17)9-18(23)22-8-7-19(2,12-20)13-22/h3-6,11H,7-10,12-13,20H2,1-2H3. The average molecular weight is 359 g/mol. The van der Waals surface area contributed by atoms with Crippen LogP contribution in [0.1, 0.15) is 29.6 Å². The van der Waals surface area contributed by atoms with Gasteiger partial charge in [-0.15, -0.1) is 11.3 Å². The van der Waals surface area contributed by atoms with Crippen LogP contribution >= 0.6 is 11.3 Å². The van der Waals surface area contributed by atoms with E-state index in [-0.39, 0.29) is 11.3 Å². The highest BCUT2D eigenvalue weighted by atomic mass is 32.1. The highest BCUT2D eigenvalue weighted by Gasteiger charge is 2.34. The van der Waals surface area contributed by atoms with Crippen LogP contribution in [-0.2, 0) is 17.8 Å². The summed E-state index contributed by atoms with van der Waals surface area (Å²) in [5.41, 5.74) is 7.90. The first-order valence-corrected chi connectivity index (χ1v) is 9.46. The third-order valence-corrected chi connectivity index (χ3v) is 5.59. The molecule has 0 saturated carbocycles. The summed E-state index contributed by atoms with van der Waals surface area (Å²) in [6.45, 7) is 6.77. The molecular weight excluding hydrogens is 334 g/mol. The molecule has 2 N–H and O–H groups in total. The molecule has 0 aliphatic carbocycles. The fourth-order valence-electron chi connectivity index (χ4n) is 2.95. The lowest BCUT2D eigenvalue weighted by molar-refractivity contribution is -0.129. The Morgan fingerprint density at radius 2 is 2.16 bits per heavy atom. The molecule has 25 heavy (non-hydrogen) atoms. The minimum atomic E-state index is 0.0603. The number of likely N-dealkylation sites (tertiary alicyclic amines) is 1. The van der Waals surface area contributed by atoms with Crippen LogP contribution in [0.4, 0.5) is 0 Å². The van der Waals surface area contributed by atoms with Crippen molar-refractivity contribution in [2.75, 3.05) is 19.6 Å². The van der Waals surface area contributed by atoms with E-state index in [1.54, 1.807) is 0 Å². The SMILES string of the molecule is Cc1ccc(OCc2nc(CC(=O)N3CCC(C)(CN)C3)cs2)cc1. The highest BCUT2D eigenvalue weighted by Crippen LogP contribution is 2.29. The Balaban J connectivity index is 1.51. The first-order valence-electron chi connectivity index (χ1n) is 8.58. The lowest BCUT2D eigenvalue weighted by Gasteiger charge is -2.22. The topological polar surface area (TPSA) is 68.5 Å². The number of benzene rings is 1. The molecule has 1 amide bonds. The van der Waals surface area contributed by atoms with E-state index in [1.807, 2.05) is 41.5 Å². The van der Waals surface area contributed by atoms with Crippen LogP contribution in [0.2, 0.25) is 0 Å². The number of amides is 1. The van der Waals surface area contributed by atoms with Crippen LogP contribution in [0, 0.1) is 12.3 Å². The second-order valence-corrected chi connectivity index (χ2v) is 8.03. The van der Waals surface area contributed by atoms with Gasteiger partial charge in [-0.25, -0.2) is 4.98 Å². The van der Waals surface area contributed by atoms with Crippen molar-refractivity contribution in [3.05, 3.63) is 45.9 Å². The molecule has 1 aliphatic rings. The molecule has 1 atom stereocenters. The molecule has 1 saturated heterocycles. The average Bonchev–Trinajstić information content (AvgIpc) is 3.22. The van der Waals surface area contributed by atoms with Crippen molar-refractivity contribution in [2.24, 2.45) is 11.1 Å². The van der Waals surface area contributed by atoms with Crippen molar-refractivity contribution in [1.82, 2.24) is 9.88 Å². The molecule has 3 rings (SSSR count). The molecule has 0 bridgehead atoms. The van der Waals surface area contributed by atoms with Gasteiger partial charge in [0.05, 0.1) is 12.1 Å². The summed E-state index contributed by atoms with van der Waals surface area (Å²) in [6, 6.07) is 7.95. The maximum Gasteiger partial charge on any atom is 0.228 e. The number of aromatic nitrogens is 1. The van der Waals surface area contributed by atoms with E-state index in [4.69, 9.17) is 10.5 Å². The number of carbonyl (C=O) groups is 1. The number of thiazole rings is 1. The van der Waals surface area contributed by atoms with Gasteiger partial charge < -0.3 is 15.4 Å². The van der Waals surface area contributed by atoms with Crippen LogP contribution in [0.15, 0.2) is 29.6 Å². The molecule has 5 nitrogen and oxygen atoms in total. The third kappa shape index (κ3) is 4.58. The van der Waals surface area contributed by atoms with Crippen molar-refractivity contribution in [2.45, 2.75) is 33.3 Å². The molecule has 6 heteroatoms. The van der Waals surface area contributed by atoms with Gasteiger partial charge in [0.15, 0.2) is 0 Å². The summed E-state index contributed by atoms with van der Waals surface area (Å²) in [7, 11) is 0. The van der Waals surface area contributed by atoms with Gasteiger partial charge in [0.1, 0.15) is 17.4 Å². The largest absolute Gasteiger partial charge is 0.486 e. The Morgan fingerprint density at radius 1 is 1.40 bits per heavy atom. The number of hydrogen-bond acceptors (Lipinski definition) is 5. The maximum atomic E-state index is 12.5. The number of aryl methyl sites for hydroxylation is 1. The van der Waals surface area contributed by atoms with E-state index >= 15 is 0 Å². The van der Waals surface area contributed by atoms with Crippen molar-refractivity contribution in [3.8, 4) is 5.75 Å². The Morgan fingerprint density at radius 3 is 2.84 bits per heavy atom. The van der Waals surface area contributed by atoms with Gasteiger partial charge in [-0.05, 0) is 37.4 Å². The molecule has 2 heterocycles. The van der Waals surface area contributed by atoms with E-state index in [2.05, 4.69) is 11.9 Å². The lowest BCUT2D eigenvalue weighted by atomic mass is 9.90. The zero-order chi connectivity index (χ0) is 17.9. The molecule has 1 aromatic heterocycles. The van der Waals surface area contributed by atoms with E-state index in [0.29, 0.717) is 19.6 Å². The summed E-state index contributed by atoms with van der Waals surface area (Å²) in [5, 5.41) is 2.83. The normalized spacial score (nSPS) is 20.0. The molecule has 1 aromatic carbocycles. The monoisotopic (exact) mass is 359 g/mol. The predicted molar refractivity (Wildman–Crippen MR) is 99.7 cm³/mol. The Labute approximate surface area is 152 Å². The molecule has 0 radical (unpaired) electrons. The van der Waals surface area contributed by atoms with Crippen LogP contribution in [0.3, 0.4) is 0 Å². The summed E-state index contributed by atoms with van der Waals surface area (Å²) < 4.78 is 5.75. The van der Waals surface area contributed by atoms with E-state index in [9.17, 15) is 4.79 Å². The van der Waals surface area contributed by atoms with Crippen molar-refractivity contribution >= 4 is 17.2 Å². The molecule has 1 fully saturated rings. The second kappa shape index (κ2) is 7.54. The van der Waals surface area contributed by atoms with E-state index < -0.39 is 0 Å². The zero-order valence-corrected chi connectivity index (χ0v) is 15.6. The first kappa shape index (κ1) is 17.9. The number of nitrogens with two attached hydrogens (primary N) is 1. The Hall–Kier alpha value is -1.92. The minimum absolute atomic E-state index is 0.0603. The smallest absolute Gasteiger partial charge is 0.228 e. The van der Waals surface area contributed by atoms with Crippen molar-refractivity contribution in [3.63, 3.8) is 0 Å². The van der Waals surface area contributed by atoms with E-state index in [0.717, 1.165) is 36.0 Å². The van der Waals surface area contributed by atoms with Gasteiger partial charge in [0.2, 0.25) is 5.91 Å². The summed E-state index contributed by atoms with van der Waals surface area (Å²) in [5.74, 6) is 0.963. The second-order valence-electron chi connectivity index (χ2n) is 7.09. The van der Waals surface area contributed by atoms with Crippen molar-refractivity contribution in [1.29, 1.82) is 0 Å². The Kier molecular flexibility index (Phi) is 5.39. The van der Waals surface area contributed by atoms with Gasteiger partial charge in [0.25, 0.3) is 0 Å². The van der Waals surface area contributed by atoms with Crippen LogP contribution in [-0.4, -0.2) is 35.4 Å². The lowest BCUT2D eigenvalue weighted by Crippen LogP contribution is -2.35. The van der Waals surface area contributed by atoms with Crippen LogP contribution in [0.25, 0.3) is 0 Å². The molecule has 134 valence electrons. The number of hydrogen-bond donors (Lipinski definition) is 1. The maximum absolute atomic E-state index is 12.5. The Bertz CT molecular complexity index is 729. The number of carbonyl (C=O) groups excluding carboxylic acids is 1. The summed E-state index contributed by atoms with van der Waals surface area (Å²) in [4.78, 5) is 18.9. The number of ether oxygens (including phenoxy) is 1. The number of nitrogens with zero attached hydrogens (tertiary/aromatic N) is 2. The van der Waals surface area contributed by atoms with Gasteiger partial charge in [-0.2, -0.15) is 0 Å². The summed E-state index contributed by atoms with van der Waals surface area (Å²) >= 11 is 1.53. The summed E-state index contributed by atoms with van der Waals surface area (Å²) in [6.07, 6.45) is 1.32. The molecule has 0 spiro atoms. The van der Waals surface area contributed by atoms with Gasteiger partial charge in [0, 0.05) is 18.5 Å². The fourth-order valence-corrected chi connectivity index (χ4v) is 3.65. The molecule has 2 aromatic rings. The fraction of sp³-hybridized carbons (Fsp3) is 0.474. The van der Waals surface area contributed by atoms with E-state index in [1.165, 1.54) is 16.9 Å². The predicted octanol–water partition coefficient (Wildman–Crippen LogP) is 2.77. The third-order valence-electron chi connectivity index (χ3n) is 4.72. The van der Waals surface area contributed by atoms with Crippen LogP contribution in [0.5, 0.6) is 5.75 Å². The van der Waals surface area contributed by atoms with Gasteiger partial charge in [-0.1, -0.05) is 24.6 Å². The molecule has 1 aliphatic heterocycles. The highest BCUT2D eigenvalue weighted by molar-refractivity contribution is 7.09. The quantitative estimate of drug-likeness (QED) is 0.861. The van der Waals surface area contributed by atoms with Gasteiger partial charge >= 0.3 is 0 Å². The minimum Gasteiger partial charge on any atom is -0.486 e. The first-order chi connectivity index (χ1) is 12.0. The zero-order valence-electron chi connectivity index (χ0n) is 14.8.